The highest BCUT2D eigenvalue weighted by Crippen LogP contribution is 2.14. The van der Waals surface area contributed by atoms with Gasteiger partial charge in [0.25, 0.3) is 0 Å². The third kappa shape index (κ3) is 3.42. The second-order valence-corrected chi connectivity index (χ2v) is 4.84. The fraction of sp³-hybridized carbons (Fsp3) is 0.538. The van der Waals surface area contributed by atoms with Gasteiger partial charge >= 0.3 is 0 Å². The van der Waals surface area contributed by atoms with Crippen LogP contribution in [0.25, 0.3) is 0 Å². The first-order valence-corrected chi connectivity index (χ1v) is 6.60. The second-order valence-electron chi connectivity index (χ2n) is 4.84. The lowest BCUT2D eigenvalue weighted by Gasteiger charge is -2.05. The van der Waals surface area contributed by atoms with Crippen LogP contribution in [0.2, 0.25) is 0 Å². The Morgan fingerprint density at radius 2 is 2.42 bits per heavy atom. The van der Waals surface area contributed by atoms with Crippen molar-refractivity contribution in [3.8, 4) is 0 Å². The number of hydrogen-bond donors (Lipinski definition) is 1. The summed E-state index contributed by atoms with van der Waals surface area (Å²) >= 11 is 0. The lowest BCUT2D eigenvalue weighted by atomic mass is 10.1. The number of nitrogens with one attached hydrogen (secondary N) is 1. The molecule has 1 saturated heterocycles. The lowest BCUT2D eigenvalue weighted by Crippen LogP contribution is -2.12. The molecule has 1 fully saturated rings. The zero-order valence-corrected chi connectivity index (χ0v) is 10.8. The molecule has 102 valence electrons. The van der Waals surface area contributed by atoms with Crippen molar-refractivity contribution in [2.45, 2.75) is 26.1 Å². The summed E-state index contributed by atoms with van der Waals surface area (Å²) in [6.45, 7) is 4.01. The molecular weight excluding hydrogens is 244 g/mol. The summed E-state index contributed by atoms with van der Waals surface area (Å²) in [5, 5.41) is 11.6. The van der Waals surface area contributed by atoms with E-state index in [0.29, 0.717) is 19.0 Å². The van der Waals surface area contributed by atoms with Gasteiger partial charge in [0, 0.05) is 31.8 Å². The van der Waals surface area contributed by atoms with Gasteiger partial charge in [0.05, 0.1) is 25.1 Å². The van der Waals surface area contributed by atoms with Crippen molar-refractivity contribution in [3.63, 3.8) is 0 Å². The molecule has 6 nitrogen and oxygen atoms in total. The van der Waals surface area contributed by atoms with Crippen molar-refractivity contribution >= 4 is 0 Å². The minimum Gasteiger partial charge on any atom is -0.468 e. The Labute approximate surface area is 111 Å². The maximum atomic E-state index is 5.36. The van der Waals surface area contributed by atoms with Crippen LogP contribution in [-0.4, -0.2) is 28.2 Å². The Morgan fingerprint density at radius 3 is 3.21 bits per heavy atom. The number of furan rings is 1. The third-order valence-corrected chi connectivity index (χ3v) is 3.24. The second kappa shape index (κ2) is 5.99. The molecule has 0 radical (unpaired) electrons. The Kier molecular flexibility index (Phi) is 3.90. The molecule has 2 aromatic rings. The largest absolute Gasteiger partial charge is 0.468 e. The maximum absolute atomic E-state index is 5.36. The summed E-state index contributed by atoms with van der Waals surface area (Å²) in [6.07, 6.45) is 4.79. The van der Waals surface area contributed by atoms with Gasteiger partial charge in [-0.15, -0.1) is 5.10 Å². The molecule has 1 aliphatic rings. The lowest BCUT2D eigenvalue weighted by molar-refractivity contribution is 0.181. The Morgan fingerprint density at radius 1 is 1.42 bits per heavy atom. The van der Waals surface area contributed by atoms with E-state index in [1.165, 1.54) is 0 Å². The minimum atomic E-state index is 0.575. The van der Waals surface area contributed by atoms with E-state index in [1.54, 1.807) is 6.26 Å². The van der Waals surface area contributed by atoms with Gasteiger partial charge < -0.3 is 14.5 Å². The van der Waals surface area contributed by atoms with Crippen LogP contribution < -0.4 is 5.32 Å². The van der Waals surface area contributed by atoms with Gasteiger partial charge in [0.2, 0.25) is 0 Å². The first-order valence-electron chi connectivity index (χ1n) is 6.60. The van der Waals surface area contributed by atoms with Crippen molar-refractivity contribution in [2.24, 2.45) is 5.92 Å². The van der Waals surface area contributed by atoms with E-state index in [4.69, 9.17) is 9.15 Å². The monoisotopic (exact) mass is 262 g/mol. The van der Waals surface area contributed by atoms with Crippen LogP contribution in [-0.2, 0) is 24.4 Å². The average molecular weight is 262 g/mol. The summed E-state index contributed by atoms with van der Waals surface area (Å²) in [5.74, 6) is 1.50. The standard InChI is InChI=1S/C13H18N4O2/c1-2-13(19-4-1)7-14-6-12-9-17(16-15-12)8-11-3-5-18-10-11/h1-2,4,9,11,14H,3,5-8,10H2. The predicted octanol–water partition coefficient (Wildman–Crippen LogP) is 1.20. The van der Waals surface area contributed by atoms with Gasteiger partial charge in [-0.25, -0.2) is 0 Å². The Hall–Kier alpha value is -1.66. The molecule has 19 heavy (non-hydrogen) atoms. The SMILES string of the molecule is c1coc(CNCc2cn(CC3CCOC3)nn2)c1. The van der Waals surface area contributed by atoms with Gasteiger partial charge in [-0.05, 0) is 18.6 Å². The van der Waals surface area contributed by atoms with E-state index in [0.717, 1.165) is 37.6 Å². The average Bonchev–Trinajstić information content (AvgIpc) is 3.12. The van der Waals surface area contributed by atoms with E-state index >= 15 is 0 Å². The molecule has 3 heterocycles. The van der Waals surface area contributed by atoms with Gasteiger partial charge in [0.15, 0.2) is 0 Å². The molecule has 3 rings (SSSR count). The van der Waals surface area contributed by atoms with E-state index in [2.05, 4.69) is 15.6 Å². The Bertz CT molecular complexity index is 488. The quantitative estimate of drug-likeness (QED) is 0.847. The highest BCUT2D eigenvalue weighted by atomic mass is 16.5. The molecule has 1 unspecified atom stereocenters. The summed E-state index contributed by atoms with van der Waals surface area (Å²) in [7, 11) is 0. The van der Waals surface area contributed by atoms with Gasteiger partial charge in [-0.1, -0.05) is 5.21 Å². The number of nitrogens with zero attached hydrogens (tertiary/aromatic N) is 3. The van der Waals surface area contributed by atoms with E-state index in [9.17, 15) is 0 Å². The normalized spacial score (nSPS) is 19.1. The van der Waals surface area contributed by atoms with Crippen LogP contribution in [0, 0.1) is 5.92 Å². The van der Waals surface area contributed by atoms with E-state index in [1.807, 2.05) is 23.0 Å². The van der Waals surface area contributed by atoms with Crippen LogP contribution in [0.3, 0.4) is 0 Å². The first kappa shape index (κ1) is 12.4. The minimum absolute atomic E-state index is 0.575. The van der Waals surface area contributed by atoms with E-state index in [-0.39, 0.29) is 0 Å². The highest BCUT2D eigenvalue weighted by molar-refractivity contribution is 4.98. The van der Waals surface area contributed by atoms with Crippen LogP contribution in [0.1, 0.15) is 17.9 Å². The summed E-state index contributed by atoms with van der Waals surface area (Å²) in [4.78, 5) is 0. The third-order valence-electron chi connectivity index (χ3n) is 3.24. The summed E-state index contributed by atoms with van der Waals surface area (Å²) in [6, 6.07) is 3.83. The highest BCUT2D eigenvalue weighted by Gasteiger charge is 2.16. The summed E-state index contributed by atoms with van der Waals surface area (Å²) in [5.41, 5.74) is 0.950. The molecule has 0 amide bonds. The zero-order chi connectivity index (χ0) is 12.9. The molecule has 0 saturated carbocycles. The van der Waals surface area contributed by atoms with Gasteiger partial charge in [0.1, 0.15) is 5.76 Å². The van der Waals surface area contributed by atoms with Crippen LogP contribution in [0.4, 0.5) is 0 Å². The predicted molar refractivity (Wildman–Crippen MR) is 68.2 cm³/mol. The van der Waals surface area contributed by atoms with Crippen molar-refractivity contribution in [2.75, 3.05) is 13.2 Å². The summed E-state index contributed by atoms with van der Waals surface area (Å²) < 4.78 is 12.5. The van der Waals surface area contributed by atoms with Crippen molar-refractivity contribution in [1.29, 1.82) is 0 Å². The van der Waals surface area contributed by atoms with Crippen molar-refractivity contribution in [3.05, 3.63) is 36.0 Å². The van der Waals surface area contributed by atoms with Gasteiger partial charge in [-0.2, -0.15) is 0 Å². The van der Waals surface area contributed by atoms with Crippen molar-refractivity contribution < 1.29 is 9.15 Å². The zero-order valence-electron chi connectivity index (χ0n) is 10.8. The number of aromatic nitrogens is 3. The molecule has 0 bridgehead atoms. The molecule has 0 aliphatic carbocycles. The Balaban J connectivity index is 1.45. The van der Waals surface area contributed by atoms with Gasteiger partial charge in [-0.3, -0.25) is 4.68 Å². The molecule has 0 spiro atoms. The molecule has 6 heteroatoms. The molecule has 0 aromatic carbocycles. The van der Waals surface area contributed by atoms with Crippen LogP contribution in [0.5, 0.6) is 0 Å². The first-order chi connectivity index (χ1) is 9.40. The molecule has 1 atom stereocenters. The fourth-order valence-corrected chi connectivity index (χ4v) is 2.23. The topological polar surface area (TPSA) is 65.1 Å². The number of ether oxygens (including phenoxy) is 1. The molecular formula is C13H18N4O2. The number of hydrogen-bond acceptors (Lipinski definition) is 5. The van der Waals surface area contributed by atoms with Crippen LogP contribution in [0.15, 0.2) is 29.0 Å². The fourth-order valence-electron chi connectivity index (χ4n) is 2.23. The van der Waals surface area contributed by atoms with E-state index < -0.39 is 0 Å². The maximum Gasteiger partial charge on any atom is 0.117 e. The number of rotatable bonds is 6. The smallest absolute Gasteiger partial charge is 0.117 e. The molecule has 1 N–H and O–H groups in total. The molecule has 2 aromatic heterocycles. The van der Waals surface area contributed by atoms with Crippen LogP contribution >= 0.6 is 0 Å². The molecule has 1 aliphatic heterocycles. The van der Waals surface area contributed by atoms with Crippen molar-refractivity contribution in [1.82, 2.24) is 20.3 Å².